The van der Waals surface area contributed by atoms with Crippen molar-refractivity contribution in [2.24, 2.45) is 11.8 Å². The first kappa shape index (κ1) is 17.8. The highest BCUT2D eigenvalue weighted by Crippen LogP contribution is 2.30. The molecule has 2 unspecified atom stereocenters. The van der Waals surface area contributed by atoms with Gasteiger partial charge in [0.1, 0.15) is 6.61 Å². The van der Waals surface area contributed by atoms with Crippen LogP contribution in [0.5, 0.6) is 0 Å². The van der Waals surface area contributed by atoms with Gasteiger partial charge in [-0.15, -0.1) is 0 Å². The Morgan fingerprint density at radius 2 is 1.90 bits per heavy atom. The average Bonchev–Trinajstić information content (AvgIpc) is 2.40. The molecular weight excluding hydrogens is 339 g/mol. The van der Waals surface area contributed by atoms with E-state index in [-0.39, 0.29) is 18.9 Å². The Bertz CT molecular complexity index is 300. The summed E-state index contributed by atoms with van der Waals surface area (Å²) in [5.41, 5.74) is 0. The third kappa shape index (κ3) is 7.47. The quantitative estimate of drug-likeness (QED) is 0.559. The van der Waals surface area contributed by atoms with E-state index in [1.165, 1.54) is 19.3 Å². The lowest BCUT2D eigenvalue weighted by atomic mass is 9.80. The summed E-state index contributed by atoms with van der Waals surface area (Å²) >= 11 is 3.49. The van der Waals surface area contributed by atoms with Gasteiger partial charge in [0, 0.05) is 18.3 Å². The summed E-state index contributed by atoms with van der Waals surface area (Å²) in [5, 5.41) is 3.73. The number of alkyl halides is 4. The molecule has 0 aromatic rings. The Balaban J connectivity index is 2.13. The van der Waals surface area contributed by atoms with E-state index < -0.39 is 12.8 Å². The summed E-state index contributed by atoms with van der Waals surface area (Å²) in [5.74, 6) is 0.791. The van der Waals surface area contributed by atoms with Gasteiger partial charge in [-0.3, -0.25) is 4.79 Å². The van der Waals surface area contributed by atoms with Crippen molar-refractivity contribution in [2.45, 2.75) is 38.3 Å². The highest BCUT2D eigenvalue weighted by Gasteiger charge is 2.27. The molecule has 1 fully saturated rings. The maximum Gasteiger partial charge on any atom is 0.411 e. The first-order valence-corrected chi connectivity index (χ1v) is 8.01. The van der Waals surface area contributed by atoms with Crippen LogP contribution in [0.3, 0.4) is 0 Å². The molecule has 1 saturated carbocycles. The van der Waals surface area contributed by atoms with Crippen LogP contribution in [-0.2, 0) is 9.53 Å². The van der Waals surface area contributed by atoms with Crippen molar-refractivity contribution in [2.75, 3.05) is 25.1 Å². The number of hydrogen-bond acceptors (Lipinski definition) is 2. The van der Waals surface area contributed by atoms with E-state index >= 15 is 0 Å². The van der Waals surface area contributed by atoms with E-state index in [0.29, 0.717) is 18.4 Å². The molecule has 0 aromatic heterocycles. The highest BCUT2D eigenvalue weighted by atomic mass is 79.9. The minimum atomic E-state index is -4.33. The Morgan fingerprint density at radius 1 is 1.25 bits per heavy atom. The maximum absolute atomic E-state index is 11.8. The number of ether oxygens (including phenoxy) is 1. The van der Waals surface area contributed by atoms with E-state index in [9.17, 15) is 18.0 Å². The van der Waals surface area contributed by atoms with Gasteiger partial charge in [-0.1, -0.05) is 28.8 Å². The lowest BCUT2D eigenvalue weighted by Crippen LogP contribution is -2.35. The SMILES string of the molecule is O=C(CCOCC(F)(F)F)NCC1CCCCC1CBr. The zero-order valence-corrected chi connectivity index (χ0v) is 12.9. The first-order valence-electron chi connectivity index (χ1n) is 6.89. The molecule has 0 spiro atoms. The summed E-state index contributed by atoms with van der Waals surface area (Å²) in [6.45, 7) is -0.888. The van der Waals surface area contributed by atoms with Crippen molar-refractivity contribution in [3.05, 3.63) is 0 Å². The number of halogens is 4. The summed E-state index contributed by atoms with van der Waals surface area (Å²) < 4.78 is 39.9. The molecule has 20 heavy (non-hydrogen) atoms. The standard InChI is InChI=1S/C13H21BrF3NO2/c14-7-10-3-1-2-4-11(10)8-18-12(19)5-6-20-9-13(15,16)17/h10-11H,1-9H2,(H,18,19). The molecule has 1 amide bonds. The molecule has 7 heteroatoms. The molecule has 0 aromatic carbocycles. The van der Waals surface area contributed by atoms with Crippen molar-refractivity contribution >= 4 is 21.8 Å². The predicted octanol–water partition coefficient (Wildman–Crippen LogP) is 3.27. The monoisotopic (exact) mass is 359 g/mol. The van der Waals surface area contributed by atoms with Gasteiger partial charge in [0.25, 0.3) is 0 Å². The van der Waals surface area contributed by atoms with Gasteiger partial charge in [-0.25, -0.2) is 0 Å². The molecule has 0 saturated heterocycles. The van der Waals surface area contributed by atoms with E-state index in [2.05, 4.69) is 26.0 Å². The van der Waals surface area contributed by atoms with Crippen LogP contribution in [0.25, 0.3) is 0 Å². The third-order valence-corrected chi connectivity index (χ3v) is 4.40. The van der Waals surface area contributed by atoms with Gasteiger partial charge >= 0.3 is 6.18 Å². The molecule has 0 bridgehead atoms. The van der Waals surface area contributed by atoms with Gasteiger partial charge in [0.15, 0.2) is 0 Å². The molecule has 2 atom stereocenters. The number of carbonyl (C=O) groups excluding carboxylic acids is 1. The predicted molar refractivity (Wildman–Crippen MR) is 73.7 cm³/mol. The second-order valence-corrected chi connectivity index (χ2v) is 5.83. The molecule has 1 rings (SSSR count). The Labute approximate surface area is 125 Å². The normalized spacial score (nSPS) is 23.6. The van der Waals surface area contributed by atoms with Gasteiger partial charge < -0.3 is 10.1 Å². The van der Waals surface area contributed by atoms with Crippen molar-refractivity contribution in [3.63, 3.8) is 0 Å². The van der Waals surface area contributed by atoms with Gasteiger partial charge in [0.05, 0.1) is 6.61 Å². The molecule has 1 aliphatic rings. The summed E-state index contributed by atoms with van der Waals surface area (Å²) in [6, 6.07) is 0. The summed E-state index contributed by atoms with van der Waals surface area (Å²) in [7, 11) is 0. The Morgan fingerprint density at radius 3 is 2.50 bits per heavy atom. The number of amides is 1. The third-order valence-electron chi connectivity index (χ3n) is 3.57. The fraction of sp³-hybridized carbons (Fsp3) is 0.923. The molecule has 1 N–H and O–H groups in total. The Hall–Kier alpha value is -0.300. The molecule has 0 radical (unpaired) electrons. The van der Waals surface area contributed by atoms with Crippen LogP contribution < -0.4 is 5.32 Å². The van der Waals surface area contributed by atoms with Crippen LogP contribution in [-0.4, -0.2) is 37.2 Å². The number of rotatable bonds is 7. The van der Waals surface area contributed by atoms with Crippen molar-refractivity contribution < 1.29 is 22.7 Å². The van der Waals surface area contributed by atoms with E-state index in [0.717, 1.165) is 11.8 Å². The lowest BCUT2D eigenvalue weighted by molar-refractivity contribution is -0.174. The van der Waals surface area contributed by atoms with Crippen LogP contribution in [0.1, 0.15) is 32.1 Å². The number of nitrogens with one attached hydrogen (secondary N) is 1. The largest absolute Gasteiger partial charge is 0.411 e. The van der Waals surface area contributed by atoms with Crippen LogP contribution >= 0.6 is 15.9 Å². The highest BCUT2D eigenvalue weighted by molar-refractivity contribution is 9.09. The van der Waals surface area contributed by atoms with Crippen molar-refractivity contribution in [1.82, 2.24) is 5.32 Å². The maximum atomic E-state index is 11.8. The topological polar surface area (TPSA) is 38.3 Å². The van der Waals surface area contributed by atoms with E-state index in [1.807, 2.05) is 0 Å². The number of hydrogen-bond donors (Lipinski definition) is 1. The summed E-state index contributed by atoms with van der Waals surface area (Å²) in [6.07, 6.45) is 0.315. The molecule has 0 aliphatic heterocycles. The Kier molecular flexibility index (Phi) is 7.87. The second-order valence-electron chi connectivity index (χ2n) is 5.18. The van der Waals surface area contributed by atoms with Gasteiger partial charge in [-0.05, 0) is 24.7 Å². The van der Waals surface area contributed by atoms with E-state index in [4.69, 9.17) is 0 Å². The summed E-state index contributed by atoms with van der Waals surface area (Å²) in [4.78, 5) is 11.5. The van der Waals surface area contributed by atoms with Crippen molar-refractivity contribution in [1.29, 1.82) is 0 Å². The molecule has 0 heterocycles. The second kappa shape index (κ2) is 8.87. The molecular formula is C13H21BrF3NO2. The number of carbonyl (C=O) groups is 1. The average molecular weight is 360 g/mol. The first-order chi connectivity index (χ1) is 9.42. The molecule has 1 aliphatic carbocycles. The van der Waals surface area contributed by atoms with Crippen molar-refractivity contribution in [3.8, 4) is 0 Å². The fourth-order valence-corrected chi connectivity index (χ4v) is 3.29. The van der Waals surface area contributed by atoms with Crippen LogP contribution in [0, 0.1) is 11.8 Å². The van der Waals surface area contributed by atoms with E-state index in [1.54, 1.807) is 0 Å². The van der Waals surface area contributed by atoms with Crippen LogP contribution in [0.2, 0.25) is 0 Å². The molecule has 118 valence electrons. The minimum absolute atomic E-state index is 0.0260. The zero-order valence-electron chi connectivity index (χ0n) is 11.3. The van der Waals surface area contributed by atoms with Crippen LogP contribution in [0.4, 0.5) is 13.2 Å². The minimum Gasteiger partial charge on any atom is -0.372 e. The van der Waals surface area contributed by atoms with Gasteiger partial charge in [0.2, 0.25) is 5.91 Å². The zero-order chi connectivity index (χ0) is 15.0. The fourth-order valence-electron chi connectivity index (χ4n) is 2.44. The molecule has 3 nitrogen and oxygen atoms in total. The lowest BCUT2D eigenvalue weighted by Gasteiger charge is -2.30. The smallest absolute Gasteiger partial charge is 0.372 e. The van der Waals surface area contributed by atoms with Crippen LogP contribution in [0.15, 0.2) is 0 Å². The van der Waals surface area contributed by atoms with Gasteiger partial charge in [-0.2, -0.15) is 13.2 Å².